The molecule has 0 bridgehead atoms. The molecule has 0 nitrogen and oxygen atoms in total. The zero-order chi connectivity index (χ0) is 21.7. The molecule has 1 heterocycles. The molecule has 0 saturated heterocycles. The zero-order valence-corrected chi connectivity index (χ0v) is 19.8. The molecular weight excluding hydrogens is 380 g/mol. The normalized spacial score (nSPS) is 21.8. The number of hydrogen-bond acceptors (Lipinski definition) is 1. The minimum atomic E-state index is 0.0975. The van der Waals surface area contributed by atoms with Crippen molar-refractivity contribution >= 4 is 30.5 Å². The summed E-state index contributed by atoms with van der Waals surface area (Å²) < 4.78 is 0.0975. The second-order valence-corrected chi connectivity index (χ2v) is 9.81. The molecule has 1 aromatic rings. The number of terminal acetylenes is 1. The first-order chi connectivity index (χ1) is 14.5. The van der Waals surface area contributed by atoms with Crippen LogP contribution in [-0.4, -0.2) is 0 Å². The van der Waals surface area contributed by atoms with Gasteiger partial charge in [-0.2, -0.15) is 0 Å². The molecule has 0 N–H and O–H groups in total. The van der Waals surface area contributed by atoms with Crippen LogP contribution in [0.25, 0.3) is 18.7 Å². The third kappa shape index (κ3) is 4.17. The van der Waals surface area contributed by atoms with Crippen LogP contribution >= 0.6 is 11.8 Å². The second kappa shape index (κ2) is 9.76. The Hall–Kier alpha value is -2.17. The predicted molar refractivity (Wildman–Crippen MR) is 137 cm³/mol. The molecule has 0 amide bonds. The average Bonchev–Trinajstić information content (AvgIpc) is 2.74. The van der Waals surface area contributed by atoms with Gasteiger partial charge in [0.25, 0.3) is 0 Å². The van der Waals surface area contributed by atoms with Gasteiger partial charge < -0.3 is 0 Å². The Kier molecular flexibility index (Phi) is 7.32. The van der Waals surface area contributed by atoms with Crippen molar-refractivity contribution in [3.05, 3.63) is 73.5 Å². The average molecular weight is 415 g/mol. The summed E-state index contributed by atoms with van der Waals surface area (Å²) in [6.45, 7) is 13.5. The molecule has 2 aliphatic rings. The summed E-state index contributed by atoms with van der Waals surface area (Å²) in [5.41, 5.74) is 7.33. The molecule has 1 heteroatoms. The summed E-state index contributed by atoms with van der Waals surface area (Å²) in [6.07, 6.45) is 27.4. The summed E-state index contributed by atoms with van der Waals surface area (Å²) in [5.74, 6) is 2.73. The van der Waals surface area contributed by atoms with Gasteiger partial charge >= 0.3 is 0 Å². The Morgan fingerprint density at radius 3 is 2.83 bits per heavy atom. The second-order valence-electron chi connectivity index (χ2n) is 8.38. The van der Waals surface area contributed by atoms with Crippen molar-refractivity contribution in [2.24, 2.45) is 0 Å². The van der Waals surface area contributed by atoms with Crippen molar-refractivity contribution in [2.75, 3.05) is 0 Å². The molecule has 30 heavy (non-hydrogen) atoms. The molecule has 1 atom stereocenters. The van der Waals surface area contributed by atoms with E-state index < -0.39 is 0 Å². The highest BCUT2D eigenvalue weighted by Gasteiger charge is 2.41. The van der Waals surface area contributed by atoms with E-state index in [4.69, 9.17) is 6.42 Å². The first-order valence-electron chi connectivity index (χ1n) is 11.1. The quantitative estimate of drug-likeness (QED) is 0.483. The maximum atomic E-state index is 5.47. The van der Waals surface area contributed by atoms with Gasteiger partial charge in [0, 0.05) is 11.3 Å². The van der Waals surface area contributed by atoms with Gasteiger partial charge in [-0.05, 0) is 79.1 Å². The van der Waals surface area contributed by atoms with E-state index in [2.05, 4.69) is 94.5 Å². The van der Waals surface area contributed by atoms with Crippen LogP contribution in [-0.2, 0) is 11.2 Å². The number of rotatable bonds is 5. The highest BCUT2D eigenvalue weighted by atomic mass is 32.2. The fraction of sp³-hybridized carbons (Fsp3) is 0.379. The minimum absolute atomic E-state index is 0.0975. The van der Waals surface area contributed by atoms with Crippen molar-refractivity contribution in [3.63, 3.8) is 0 Å². The van der Waals surface area contributed by atoms with Crippen molar-refractivity contribution in [1.29, 1.82) is 0 Å². The van der Waals surface area contributed by atoms with E-state index in [1.807, 2.05) is 0 Å². The number of thioether (sulfide) groups is 1. The first kappa shape index (κ1) is 22.5. The van der Waals surface area contributed by atoms with Gasteiger partial charge in [-0.3, -0.25) is 0 Å². The lowest BCUT2D eigenvalue weighted by molar-refractivity contribution is 0.554. The Labute approximate surface area is 187 Å². The Morgan fingerprint density at radius 1 is 1.33 bits per heavy atom. The third-order valence-electron chi connectivity index (χ3n) is 6.36. The molecule has 1 aliphatic heterocycles. The van der Waals surface area contributed by atoms with Gasteiger partial charge in [-0.1, -0.05) is 68.0 Å². The Balaban J connectivity index is 2.25. The lowest BCUT2D eigenvalue weighted by Gasteiger charge is -2.42. The summed E-state index contributed by atoms with van der Waals surface area (Å²) in [6, 6.07) is 0. The largest absolute Gasteiger partial charge is 0.120 e. The fourth-order valence-electron chi connectivity index (χ4n) is 4.78. The van der Waals surface area contributed by atoms with Crippen LogP contribution in [0.1, 0.15) is 75.1 Å². The van der Waals surface area contributed by atoms with Crippen LogP contribution in [0.3, 0.4) is 0 Å². The van der Waals surface area contributed by atoms with Crippen LogP contribution in [0.15, 0.2) is 40.9 Å². The van der Waals surface area contributed by atoms with E-state index in [-0.39, 0.29) is 4.75 Å². The van der Waals surface area contributed by atoms with Gasteiger partial charge in [0.05, 0.1) is 4.75 Å². The van der Waals surface area contributed by atoms with E-state index in [0.717, 1.165) is 25.7 Å². The lowest BCUT2D eigenvalue weighted by Crippen LogP contribution is -2.38. The van der Waals surface area contributed by atoms with E-state index in [9.17, 15) is 0 Å². The van der Waals surface area contributed by atoms with Gasteiger partial charge in [-0.15, -0.1) is 24.1 Å². The molecule has 1 spiro atoms. The standard InChI is InChI=1S/C29H34S/c1-7-10-12-17-27-21(4)18-20-29(30-27)19-13-16-26-23(6)24(15-11-8-2)22(5)25(14-9-3)28(26)29/h1,8,11-13,15-17H,6,9-10,14,18-20H2,2-5H3/b11-8-,17-12-,24-15-. The van der Waals surface area contributed by atoms with Crippen molar-refractivity contribution in [2.45, 2.75) is 71.0 Å². The van der Waals surface area contributed by atoms with Gasteiger partial charge in [0.15, 0.2) is 0 Å². The van der Waals surface area contributed by atoms with Gasteiger partial charge in [0.1, 0.15) is 0 Å². The minimum Gasteiger partial charge on any atom is -0.120 e. The van der Waals surface area contributed by atoms with Crippen molar-refractivity contribution in [3.8, 4) is 12.3 Å². The number of hydrogen-bond donors (Lipinski definition) is 0. The van der Waals surface area contributed by atoms with E-state index in [1.54, 1.807) is 11.1 Å². The predicted octanol–water partition coefficient (Wildman–Crippen LogP) is 6.71. The molecular formula is C29H34S. The summed E-state index contributed by atoms with van der Waals surface area (Å²) in [7, 11) is 0. The highest BCUT2D eigenvalue weighted by Crippen LogP contribution is 2.56. The number of fused-ring (bicyclic) bond motifs is 2. The molecule has 0 aromatic heterocycles. The summed E-state index contributed by atoms with van der Waals surface area (Å²) >= 11 is 2.06. The van der Waals surface area contributed by atoms with E-state index in [1.165, 1.54) is 38.5 Å². The Bertz CT molecular complexity index is 1080. The third-order valence-corrected chi connectivity index (χ3v) is 8.03. The van der Waals surface area contributed by atoms with Gasteiger partial charge in [0.2, 0.25) is 0 Å². The maximum absolute atomic E-state index is 5.47. The van der Waals surface area contributed by atoms with E-state index >= 15 is 0 Å². The monoisotopic (exact) mass is 414 g/mol. The molecule has 1 aliphatic carbocycles. The molecule has 1 unspecified atom stereocenters. The van der Waals surface area contributed by atoms with Crippen LogP contribution in [0.2, 0.25) is 0 Å². The van der Waals surface area contributed by atoms with Crippen molar-refractivity contribution in [1.82, 2.24) is 0 Å². The maximum Gasteiger partial charge on any atom is 0.0501 e. The number of allylic oxidation sites excluding steroid dienone is 6. The molecule has 3 rings (SSSR count). The fourth-order valence-corrected chi connectivity index (χ4v) is 6.36. The molecule has 0 radical (unpaired) electrons. The van der Waals surface area contributed by atoms with Crippen LogP contribution in [0.4, 0.5) is 0 Å². The summed E-state index contributed by atoms with van der Waals surface area (Å²) in [4.78, 5) is 1.40. The Morgan fingerprint density at radius 2 is 2.13 bits per heavy atom. The molecule has 0 fully saturated rings. The molecule has 156 valence electrons. The number of benzene rings is 1. The smallest absolute Gasteiger partial charge is 0.0501 e. The van der Waals surface area contributed by atoms with Crippen molar-refractivity contribution < 1.29 is 0 Å². The van der Waals surface area contributed by atoms with Crippen LogP contribution in [0, 0.1) is 19.3 Å². The molecule has 1 aromatic carbocycles. The molecule has 0 saturated carbocycles. The SMILES string of the molecule is C#CC/C=C\C1=C(C)CCC2(CC=Cc3c2c(CCC)c(C)/c(=C/C=C\C)c3=C)S1. The summed E-state index contributed by atoms with van der Waals surface area (Å²) in [5, 5.41) is 2.46. The van der Waals surface area contributed by atoms with Crippen LogP contribution in [0.5, 0.6) is 0 Å². The first-order valence-corrected chi connectivity index (χ1v) is 11.9. The zero-order valence-electron chi connectivity index (χ0n) is 19.0. The van der Waals surface area contributed by atoms with Gasteiger partial charge in [-0.25, -0.2) is 0 Å². The topological polar surface area (TPSA) is 0 Å². The lowest BCUT2D eigenvalue weighted by atomic mass is 9.76. The highest BCUT2D eigenvalue weighted by molar-refractivity contribution is 8.04. The van der Waals surface area contributed by atoms with E-state index in [0.29, 0.717) is 6.42 Å². The van der Waals surface area contributed by atoms with Crippen LogP contribution < -0.4 is 10.4 Å².